The number of carbonyl (C=O) groups excluding carboxylic acids is 1. The lowest BCUT2D eigenvalue weighted by Gasteiger charge is -2.10. The van der Waals surface area contributed by atoms with Crippen LogP contribution in [0.5, 0.6) is 0 Å². The van der Waals surface area contributed by atoms with E-state index in [1.807, 2.05) is 0 Å². The van der Waals surface area contributed by atoms with Crippen LogP contribution in [0.4, 0.5) is 22.7 Å². The number of carbonyl (C=O) groups is 1. The number of aryl methyl sites for hydroxylation is 1. The number of hydrogen-bond acceptors (Lipinski definition) is 6. The van der Waals surface area contributed by atoms with Gasteiger partial charge >= 0.3 is 0 Å². The van der Waals surface area contributed by atoms with Crippen molar-refractivity contribution in [2.75, 3.05) is 5.32 Å². The highest BCUT2D eigenvalue weighted by Gasteiger charge is 2.18. The second kappa shape index (κ2) is 6.22. The number of nitrogens with one attached hydrogen (secondary N) is 1. The Labute approximate surface area is 131 Å². The Balaban J connectivity index is 2.48. The molecule has 8 heteroatoms. The van der Waals surface area contributed by atoms with Gasteiger partial charge in [0, 0.05) is 29.4 Å². The van der Waals surface area contributed by atoms with Crippen LogP contribution < -0.4 is 5.32 Å². The molecule has 2 rings (SSSR count). The van der Waals surface area contributed by atoms with Crippen LogP contribution in [0.15, 0.2) is 36.4 Å². The Kier molecular flexibility index (Phi) is 4.35. The fourth-order valence-electron chi connectivity index (χ4n) is 2.01. The van der Waals surface area contributed by atoms with Crippen LogP contribution in [0.3, 0.4) is 0 Å². The maximum absolute atomic E-state index is 11.3. The average Bonchev–Trinajstić information content (AvgIpc) is 2.49. The van der Waals surface area contributed by atoms with E-state index in [2.05, 4.69) is 5.32 Å². The largest absolute Gasteiger partial charge is 0.349 e. The minimum atomic E-state index is -0.610. The van der Waals surface area contributed by atoms with Gasteiger partial charge in [0.05, 0.1) is 9.85 Å². The van der Waals surface area contributed by atoms with Crippen LogP contribution in [0.2, 0.25) is 0 Å². The summed E-state index contributed by atoms with van der Waals surface area (Å²) >= 11 is 0. The van der Waals surface area contributed by atoms with E-state index in [0.717, 1.165) is 0 Å². The van der Waals surface area contributed by atoms with Crippen LogP contribution in [-0.4, -0.2) is 15.6 Å². The smallest absolute Gasteiger partial charge is 0.293 e. The predicted octanol–water partition coefficient (Wildman–Crippen LogP) is 3.76. The fourth-order valence-corrected chi connectivity index (χ4v) is 2.01. The van der Waals surface area contributed by atoms with Gasteiger partial charge < -0.3 is 5.32 Å². The first kappa shape index (κ1) is 16.1. The van der Waals surface area contributed by atoms with Crippen LogP contribution >= 0.6 is 0 Å². The van der Waals surface area contributed by atoms with E-state index < -0.39 is 9.85 Å². The molecule has 0 atom stereocenters. The molecule has 0 aromatic heterocycles. The van der Waals surface area contributed by atoms with Crippen molar-refractivity contribution < 1.29 is 14.6 Å². The van der Waals surface area contributed by atoms with Crippen molar-refractivity contribution >= 4 is 28.5 Å². The van der Waals surface area contributed by atoms with Gasteiger partial charge in [-0.3, -0.25) is 25.0 Å². The predicted molar refractivity (Wildman–Crippen MR) is 84.2 cm³/mol. The van der Waals surface area contributed by atoms with Crippen molar-refractivity contribution in [3.8, 4) is 0 Å². The molecule has 118 valence electrons. The number of hydrogen-bond donors (Lipinski definition) is 1. The van der Waals surface area contributed by atoms with Gasteiger partial charge in [-0.2, -0.15) is 0 Å². The zero-order valence-electron chi connectivity index (χ0n) is 12.4. The third-order valence-electron chi connectivity index (χ3n) is 3.30. The topological polar surface area (TPSA) is 115 Å². The molecule has 0 saturated heterocycles. The third-order valence-corrected chi connectivity index (χ3v) is 3.30. The Morgan fingerprint density at radius 3 is 2.26 bits per heavy atom. The highest BCUT2D eigenvalue weighted by Crippen LogP contribution is 2.31. The molecule has 0 spiro atoms. The van der Waals surface area contributed by atoms with Gasteiger partial charge in [-0.1, -0.05) is 6.07 Å². The Morgan fingerprint density at radius 1 is 1.00 bits per heavy atom. The SMILES string of the molecule is CC(=O)c1ccc(Nc2cc([N+](=O)[O-])ccc2C)c([N+](=O)[O-])c1. The summed E-state index contributed by atoms with van der Waals surface area (Å²) in [6, 6.07) is 8.26. The Morgan fingerprint density at radius 2 is 1.70 bits per heavy atom. The van der Waals surface area contributed by atoms with Gasteiger partial charge in [-0.25, -0.2) is 0 Å². The number of rotatable bonds is 5. The molecule has 0 heterocycles. The summed E-state index contributed by atoms with van der Waals surface area (Å²) < 4.78 is 0. The summed E-state index contributed by atoms with van der Waals surface area (Å²) in [4.78, 5) is 32.2. The van der Waals surface area contributed by atoms with E-state index in [1.54, 1.807) is 13.0 Å². The van der Waals surface area contributed by atoms with E-state index in [4.69, 9.17) is 0 Å². The summed E-state index contributed by atoms with van der Waals surface area (Å²) in [5.74, 6) is -0.286. The summed E-state index contributed by atoms with van der Waals surface area (Å²) in [7, 11) is 0. The lowest BCUT2D eigenvalue weighted by molar-refractivity contribution is -0.384. The second-order valence-electron chi connectivity index (χ2n) is 4.93. The van der Waals surface area contributed by atoms with E-state index in [-0.39, 0.29) is 28.4 Å². The average molecular weight is 315 g/mol. The Bertz CT molecular complexity index is 817. The fraction of sp³-hybridized carbons (Fsp3) is 0.133. The molecule has 0 fully saturated rings. The van der Waals surface area contributed by atoms with Gasteiger partial charge in [0.15, 0.2) is 5.78 Å². The summed E-state index contributed by atoms with van der Waals surface area (Å²) in [5, 5.41) is 24.9. The van der Waals surface area contributed by atoms with Gasteiger partial charge in [-0.15, -0.1) is 0 Å². The summed E-state index contributed by atoms with van der Waals surface area (Å²) in [5.41, 5.74) is 1.06. The highest BCUT2D eigenvalue weighted by molar-refractivity contribution is 5.95. The molecule has 23 heavy (non-hydrogen) atoms. The minimum absolute atomic E-state index is 0.124. The number of nitrogens with zero attached hydrogens (tertiary/aromatic N) is 2. The van der Waals surface area contributed by atoms with Crippen molar-refractivity contribution in [3.63, 3.8) is 0 Å². The van der Waals surface area contributed by atoms with E-state index in [9.17, 15) is 25.0 Å². The number of ketones is 1. The molecule has 0 saturated carbocycles. The summed E-state index contributed by atoms with van der Waals surface area (Å²) in [6.07, 6.45) is 0. The first-order valence-corrected chi connectivity index (χ1v) is 6.61. The third kappa shape index (κ3) is 3.49. The van der Waals surface area contributed by atoms with Crippen LogP contribution in [-0.2, 0) is 0 Å². The molecule has 0 aliphatic rings. The van der Waals surface area contributed by atoms with Gasteiger partial charge in [0.2, 0.25) is 0 Å². The monoisotopic (exact) mass is 315 g/mol. The van der Waals surface area contributed by atoms with Crippen molar-refractivity contribution in [1.29, 1.82) is 0 Å². The molecule has 0 aliphatic heterocycles. The molecule has 0 aliphatic carbocycles. The van der Waals surface area contributed by atoms with E-state index >= 15 is 0 Å². The minimum Gasteiger partial charge on any atom is -0.349 e. The maximum Gasteiger partial charge on any atom is 0.293 e. The van der Waals surface area contributed by atoms with Crippen molar-refractivity contribution in [1.82, 2.24) is 0 Å². The quantitative estimate of drug-likeness (QED) is 0.510. The zero-order chi connectivity index (χ0) is 17.1. The standard InChI is InChI=1S/C15H13N3O5/c1-9-3-5-12(17(20)21)8-14(9)16-13-6-4-11(10(2)19)7-15(13)18(22)23/h3-8,16H,1-2H3. The highest BCUT2D eigenvalue weighted by atomic mass is 16.6. The maximum atomic E-state index is 11.3. The molecule has 1 N–H and O–H groups in total. The van der Waals surface area contributed by atoms with E-state index in [0.29, 0.717) is 11.3 Å². The number of nitro benzene ring substituents is 2. The normalized spacial score (nSPS) is 10.2. The van der Waals surface area contributed by atoms with Gasteiger partial charge in [0.1, 0.15) is 5.69 Å². The molecule has 2 aromatic carbocycles. The van der Waals surface area contributed by atoms with Crippen LogP contribution in [0.25, 0.3) is 0 Å². The first-order valence-electron chi connectivity index (χ1n) is 6.61. The molecule has 2 aromatic rings. The zero-order valence-corrected chi connectivity index (χ0v) is 12.4. The molecule has 8 nitrogen and oxygen atoms in total. The number of benzene rings is 2. The molecular weight excluding hydrogens is 302 g/mol. The second-order valence-corrected chi connectivity index (χ2v) is 4.93. The lowest BCUT2D eigenvalue weighted by Crippen LogP contribution is -2.01. The number of anilines is 2. The number of Topliss-reactive ketones (excluding diaryl/α,β-unsaturated/α-hetero) is 1. The van der Waals surface area contributed by atoms with Crippen molar-refractivity contribution in [2.45, 2.75) is 13.8 Å². The number of nitro groups is 2. The molecule has 0 unspecified atom stereocenters. The van der Waals surface area contributed by atoms with E-state index in [1.165, 1.54) is 37.3 Å². The van der Waals surface area contributed by atoms with Gasteiger partial charge in [-0.05, 0) is 31.5 Å². The lowest BCUT2D eigenvalue weighted by atomic mass is 10.1. The number of non-ortho nitro benzene ring substituents is 1. The van der Waals surface area contributed by atoms with Crippen molar-refractivity contribution in [3.05, 3.63) is 67.8 Å². The van der Waals surface area contributed by atoms with Crippen LogP contribution in [0, 0.1) is 27.2 Å². The molecule has 0 radical (unpaired) electrons. The van der Waals surface area contributed by atoms with Crippen molar-refractivity contribution in [2.24, 2.45) is 0 Å². The molecule has 0 amide bonds. The Hall–Kier alpha value is -3.29. The molecule has 0 bridgehead atoms. The first-order chi connectivity index (χ1) is 10.8. The van der Waals surface area contributed by atoms with Gasteiger partial charge in [0.25, 0.3) is 11.4 Å². The summed E-state index contributed by atoms with van der Waals surface area (Å²) in [6.45, 7) is 3.04. The van der Waals surface area contributed by atoms with Crippen LogP contribution in [0.1, 0.15) is 22.8 Å². The molecular formula is C15H13N3O5.